The van der Waals surface area contributed by atoms with Crippen LogP contribution in [0.2, 0.25) is 0 Å². The lowest BCUT2D eigenvalue weighted by atomic mass is 10.0. The monoisotopic (exact) mass is 379 g/mol. The van der Waals surface area contributed by atoms with Gasteiger partial charge in [0, 0.05) is 55.8 Å². The van der Waals surface area contributed by atoms with Crippen LogP contribution in [0.5, 0.6) is 0 Å². The van der Waals surface area contributed by atoms with E-state index in [1.165, 1.54) is 16.5 Å². The number of benzene rings is 1. The van der Waals surface area contributed by atoms with Crippen LogP contribution in [0.4, 0.5) is 11.8 Å². The average Bonchev–Trinajstić information content (AvgIpc) is 3.37. The van der Waals surface area contributed by atoms with Crippen molar-refractivity contribution in [2.45, 2.75) is 25.0 Å². The van der Waals surface area contributed by atoms with Crippen molar-refractivity contribution < 1.29 is 9.47 Å². The van der Waals surface area contributed by atoms with Gasteiger partial charge in [-0.1, -0.05) is 18.2 Å². The van der Waals surface area contributed by atoms with E-state index in [4.69, 9.17) is 14.5 Å². The lowest BCUT2D eigenvalue weighted by Gasteiger charge is -2.38. The summed E-state index contributed by atoms with van der Waals surface area (Å²) in [5, 5.41) is 4.64. The molecule has 0 amide bonds. The molecule has 2 N–H and O–H groups in total. The molecule has 2 aromatic heterocycles. The van der Waals surface area contributed by atoms with Crippen LogP contribution in [-0.2, 0) is 15.9 Å². The Morgan fingerprint density at radius 1 is 1.11 bits per heavy atom. The first-order valence-corrected chi connectivity index (χ1v) is 9.96. The van der Waals surface area contributed by atoms with Crippen LogP contribution in [0.15, 0.2) is 42.7 Å². The van der Waals surface area contributed by atoms with E-state index in [2.05, 4.69) is 44.6 Å². The number of piperidine rings is 1. The van der Waals surface area contributed by atoms with E-state index in [9.17, 15) is 0 Å². The van der Waals surface area contributed by atoms with Crippen molar-refractivity contribution in [1.82, 2.24) is 15.0 Å². The first kappa shape index (κ1) is 17.5. The molecule has 2 saturated heterocycles. The van der Waals surface area contributed by atoms with Crippen LogP contribution in [0, 0.1) is 0 Å². The summed E-state index contributed by atoms with van der Waals surface area (Å²) in [4.78, 5) is 14.7. The minimum atomic E-state index is -0.357. The van der Waals surface area contributed by atoms with Crippen molar-refractivity contribution in [2.75, 3.05) is 43.1 Å². The molecule has 1 spiro atoms. The Hall–Kier alpha value is -2.64. The summed E-state index contributed by atoms with van der Waals surface area (Å²) in [6.45, 7) is 3.96. The van der Waals surface area contributed by atoms with Crippen molar-refractivity contribution >= 4 is 22.7 Å². The predicted molar refractivity (Wildman–Crippen MR) is 109 cm³/mol. The molecular weight excluding hydrogens is 354 g/mol. The molecule has 0 atom stereocenters. The number of hydrogen-bond donors (Lipinski definition) is 2. The zero-order chi connectivity index (χ0) is 18.8. The van der Waals surface area contributed by atoms with Crippen LogP contribution in [-0.4, -0.2) is 53.6 Å². The minimum Gasteiger partial charge on any atom is -0.361 e. The third-order valence-electron chi connectivity index (χ3n) is 5.66. The number of aromatic nitrogens is 3. The van der Waals surface area contributed by atoms with Gasteiger partial charge in [0.05, 0.1) is 13.2 Å². The van der Waals surface area contributed by atoms with Crippen molar-refractivity contribution in [3.05, 3.63) is 48.3 Å². The maximum Gasteiger partial charge on any atom is 0.224 e. The molecule has 28 heavy (non-hydrogen) atoms. The van der Waals surface area contributed by atoms with E-state index in [1.54, 1.807) is 0 Å². The second kappa shape index (κ2) is 7.41. The van der Waals surface area contributed by atoms with E-state index >= 15 is 0 Å². The minimum absolute atomic E-state index is 0.357. The number of hydrogen-bond acceptors (Lipinski definition) is 6. The average molecular weight is 379 g/mol. The SMILES string of the molecule is c1ccc2c(CCNc3nccc(N4CCC5(CC4)OCCO5)n3)c[nH]c2c1. The Kier molecular flexibility index (Phi) is 4.62. The molecule has 0 bridgehead atoms. The Bertz CT molecular complexity index is 941. The van der Waals surface area contributed by atoms with Gasteiger partial charge >= 0.3 is 0 Å². The number of H-pyrrole nitrogens is 1. The van der Waals surface area contributed by atoms with Crippen LogP contribution < -0.4 is 10.2 Å². The number of aromatic amines is 1. The summed E-state index contributed by atoms with van der Waals surface area (Å²) in [5.74, 6) is 1.27. The number of nitrogens with zero attached hydrogens (tertiary/aromatic N) is 3. The molecule has 1 aromatic carbocycles. The van der Waals surface area contributed by atoms with E-state index in [0.717, 1.165) is 44.7 Å². The van der Waals surface area contributed by atoms with Gasteiger partial charge < -0.3 is 24.7 Å². The van der Waals surface area contributed by atoms with Crippen LogP contribution in [0.25, 0.3) is 10.9 Å². The summed E-state index contributed by atoms with van der Waals surface area (Å²) >= 11 is 0. The predicted octanol–water partition coefficient (Wildman–Crippen LogP) is 2.96. The number of anilines is 2. The van der Waals surface area contributed by atoms with Gasteiger partial charge in [-0.05, 0) is 24.1 Å². The van der Waals surface area contributed by atoms with Gasteiger partial charge in [-0.2, -0.15) is 4.98 Å². The normalized spacial score (nSPS) is 18.8. The molecule has 4 heterocycles. The second-order valence-corrected chi connectivity index (χ2v) is 7.37. The lowest BCUT2D eigenvalue weighted by molar-refractivity contribution is -0.169. The van der Waals surface area contributed by atoms with Gasteiger partial charge in [-0.15, -0.1) is 0 Å². The molecule has 2 aliphatic rings. The first-order chi connectivity index (χ1) is 13.8. The second-order valence-electron chi connectivity index (χ2n) is 7.37. The largest absolute Gasteiger partial charge is 0.361 e. The Balaban J connectivity index is 1.19. The molecule has 3 aromatic rings. The zero-order valence-electron chi connectivity index (χ0n) is 15.9. The van der Waals surface area contributed by atoms with Crippen molar-refractivity contribution in [2.24, 2.45) is 0 Å². The molecule has 0 aliphatic carbocycles. The molecule has 146 valence electrons. The summed E-state index contributed by atoms with van der Waals surface area (Å²) < 4.78 is 11.6. The number of fused-ring (bicyclic) bond motifs is 1. The van der Waals surface area contributed by atoms with Gasteiger partial charge in [0.25, 0.3) is 0 Å². The fourth-order valence-corrected chi connectivity index (χ4v) is 4.12. The van der Waals surface area contributed by atoms with Gasteiger partial charge in [0.15, 0.2) is 5.79 Å². The highest BCUT2D eigenvalue weighted by Gasteiger charge is 2.40. The maximum atomic E-state index is 5.81. The number of rotatable bonds is 5. The molecule has 0 saturated carbocycles. The summed E-state index contributed by atoms with van der Waals surface area (Å²) in [7, 11) is 0. The molecule has 7 heteroatoms. The van der Waals surface area contributed by atoms with Crippen molar-refractivity contribution in [3.63, 3.8) is 0 Å². The molecule has 2 aliphatic heterocycles. The van der Waals surface area contributed by atoms with Gasteiger partial charge in [0.1, 0.15) is 5.82 Å². The molecule has 7 nitrogen and oxygen atoms in total. The van der Waals surface area contributed by atoms with Gasteiger partial charge in [-0.25, -0.2) is 4.98 Å². The summed E-state index contributed by atoms with van der Waals surface area (Å²) in [6, 6.07) is 10.3. The fraction of sp³-hybridized carbons (Fsp3) is 0.429. The zero-order valence-corrected chi connectivity index (χ0v) is 15.9. The molecule has 5 rings (SSSR count). The fourth-order valence-electron chi connectivity index (χ4n) is 4.12. The van der Waals surface area contributed by atoms with Crippen LogP contribution >= 0.6 is 0 Å². The highest BCUT2D eigenvalue weighted by atomic mass is 16.7. The van der Waals surface area contributed by atoms with Crippen LogP contribution in [0.3, 0.4) is 0 Å². The molecule has 0 unspecified atom stereocenters. The standard InChI is InChI=1S/C21H25N5O2/c1-2-4-18-17(3-1)16(15-24-18)5-9-22-20-23-10-6-19(25-20)26-11-7-21(8-12-26)27-13-14-28-21/h1-4,6,10,15,24H,5,7-9,11-14H2,(H,22,23,25). The number of para-hydroxylation sites is 1. The Morgan fingerprint density at radius 3 is 2.79 bits per heavy atom. The smallest absolute Gasteiger partial charge is 0.224 e. The molecule has 0 radical (unpaired) electrons. The lowest BCUT2D eigenvalue weighted by Crippen LogP contribution is -2.45. The summed E-state index contributed by atoms with van der Waals surface area (Å²) in [5.41, 5.74) is 2.48. The topological polar surface area (TPSA) is 75.3 Å². The van der Waals surface area contributed by atoms with E-state index in [0.29, 0.717) is 19.2 Å². The van der Waals surface area contributed by atoms with Gasteiger partial charge in [0.2, 0.25) is 5.95 Å². The number of ether oxygens (including phenoxy) is 2. The maximum absolute atomic E-state index is 5.81. The van der Waals surface area contributed by atoms with E-state index < -0.39 is 0 Å². The third-order valence-corrected chi connectivity index (χ3v) is 5.66. The van der Waals surface area contributed by atoms with E-state index in [1.807, 2.05) is 18.3 Å². The molecular formula is C21H25N5O2. The number of nitrogens with one attached hydrogen (secondary N) is 2. The van der Waals surface area contributed by atoms with Crippen molar-refractivity contribution in [1.29, 1.82) is 0 Å². The first-order valence-electron chi connectivity index (χ1n) is 9.96. The quantitative estimate of drug-likeness (QED) is 0.710. The molecule has 2 fully saturated rings. The summed E-state index contributed by atoms with van der Waals surface area (Å²) in [6.07, 6.45) is 6.57. The Labute approximate surface area is 164 Å². The van der Waals surface area contributed by atoms with Crippen molar-refractivity contribution in [3.8, 4) is 0 Å². The van der Waals surface area contributed by atoms with Crippen LogP contribution in [0.1, 0.15) is 18.4 Å². The highest BCUT2D eigenvalue weighted by molar-refractivity contribution is 5.83. The third kappa shape index (κ3) is 3.43. The van der Waals surface area contributed by atoms with Gasteiger partial charge in [-0.3, -0.25) is 0 Å². The van der Waals surface area contributed by atoms with E-state index in [-0.39, 0.29) is 5.79 Å². The highest BCUT2D eigenvalue weighted by Crippen LogP contribution is 2.32. The Morgan fingerprint density at radius 2 is 1.93 bits per heavy atom.